The van der Waals surface area contributed by atoms with Gasteiger partial charge in [0.05, 0.1) is 6.04 Å². The molecule has 2 aliphatic rings. The van der Waals surface area contributed by atoms with Crippen LogP contribution in [0.2, 0.25) is 5.02 Å². The van der Waals surface area contributed by atoms with Crippen molar-refractivity contribution in [3.8, 4) is 5.75 Å². The Balaban J connectivity index is 1.80. The maximum absolute atomic E-state index is 14.5. The number of fused-ring (bicyclic) bond motifs is 3. The van der Waals surface area contributed by atoms with Crippen LogP contribution in [0.4, 0.5) is 17.6 Å². The second-order valence-electron chi connectivity index (χ2n) is 8.48. The number of aromatic nitrogens is 1. The molecule has 1 amide bonds. The van der Waals surface area contributed by atoms with E-state index >= 15 is 0 Å². The predicted molar refractivity (Wildman–Crippen MR) is 126 cm³/mol. The summed E-state index contributed by atoms with van der Waals surface area (Å²) in [5, 5.41) is 12.3. The highest BCUT2D eigenvalue weighted by Gasteiger charge is 2.47. The van der Waals surface area contributed by atoms with Crippen LogP contribution in [0.5, 0.6) is 5.75 Å². The summed E-state index contributed by atoms with van der Waals surface area (Å²) in [5.74, 6) is -2.26. The van der Waals surface area contributed by atoms with Crippen molar-refractivity contribution in [3.05, 3.63) is 92.1 Å². The van der Waals surface area contributed by atoms with E-state index in [0.717, 1.165) is 13.0 Å². The monoisotopic (exact) mass is 539 g/mol. The van der Waals surface area contributed by atoms with Gasteiger partial charge in [-0.2, -0.15) is 13.2 Å². The minimum atomic E-state index is -4.78. The van der Waals surface area contributed by atoms with Crippen LogP contribution >= 0.6 is 23.4 Å². The lowest BCUT2D eigenvalue weighted by atomic mass is 9.94. The van der Waals surface area contributed by atoms with Gasteiger partial charge in [0.1, 0.15) is 18.5 Å². The van der Waals surface area contributed by atoms with Crippen LogP contribution in [-0.2, 0) is 5.75 Å². The van der Waals surface area contributed by atoms with Crippen molar-refractivity contribution in [1.82, 2.24) is 9.58 Å². The topological polar surface area (TPSA) is 65.8 Å². The van der Waals surface area contributed by atoms with E-state index in [1.165, 1.54) is 39.8 Å². The second-order valence-corrected chi connectivity index (χ2v) is 9.90. The molecule has 6 nitrogen and oxygen atoms in total. The highest BCUT2D eigenvalue weighted by atomic mass is 35.5. The Morgan fingerprint density at radius 3 is 2.61 bits per heavy atom. The molecule has 188 valence electrons. The zero-order chi connectivity index (χ0) is 25.9. The zero-order valence-corrected chi connectivity index (χ0v) is 20.2. The summed E-state index contributed by atoms with van der Waals surface area (Å²) in [5.41, 5.74) is 0.215. The van der Waals surface area contributed by atoms with Gasteiger partial charge in [-0.15, -0.1) is 11.8 Å². The summed E-state index contributed by atoms with van der Waals surface area (Å²) in [4.78, 5) is 26.6. The molecule has 3 aromatic rings. The number of pyridine rings is 1. The van der Waals surface area contributed by atoms with Crippen LogP contribution in [-0.4, -0.2) is 39.5 Å². The van der Waals surface area contributed by atoms with Crippen LogP contribution < -0.4 is 10.4 Å². The molecule has 3 heterocycles. The fourth-order valence-corrected chi connectivity index (χ4v) is 5.97. The molecule has 0 bridgehead atoms. The molecule has 0 saturated heterocycles. The van der Waals surface area contributed by atoms with Crippen molar-refractivity contribution >= 4 is 29.3 Å². The first-order valence-corrected chi connectivity index (χ1v) is 12.1. The number of carbonyl (C=O) groups excluding carboxylic acids is 1. The van der Waals surface area contributed by atoms with E-state index in [4.69, 9.17) is 11.6 Å². The number of benzene rings is 2. The van der Waals surface area contributed by atoms with E-state index in [9.17, 15) is 32.3 Å². The number of nitrogens with zero attached hydrogens (tertiary/aromatic N) is 3. The zero-order valence-electron chi connectivity index (χ0n) is 18.6. The van der Waals surface area contributed by atoms with Crippen LogP contribution in [0.15, 0.2) is 58.4 Å². The molecule has 1 aromatic heterocycles. The fourth-order valence-electron chi connectivity index (χ4n) is 4.52. The highest BCUT2D eigenvalue weighted by molar-refractivity contribution is 7.98. The summed E-state index contributed by atoms with van der Waals surface area (Å²) in [6.07, 6.45) is -3.56. The number of rotatable bonds is 2. The summed E-state index contributed by atoms with van der Waals surface area (Å²) >= 11 is 7.89. The molecule has 0 fully saturated rings. The van der Waals surface area contributed by atoms with Gasteiger partial charge in [0.2, 0.25) is 5.43 Å². The van der Waals surface area contributed by atoms with Gasteiger partial charge in [0.15, 0.2) is 11.4 Å². The Morgan fingerprint density at radius 1 is 1.14 bits per heavy atom. The Morgan fingerprint density at radius 2 is 1.89 bits per heavy atom. The van der Waals surface area contributed by atoms with Gasteiger partial charge in [-0.25, -0.2) is 4.39 Å². The lowest BCUT2D eigenvalue weighted by Gasteiger charge is -2.46. The minimum Gasteiger partial charge on any atom is -0.502 e. The van der Waals surface area contributed by atoms with Gasteiger partial charge >= 0.3 is 6.18 Å². The first-order chi connectivity index (χ1) is 17.0. The first kappa shape index (κ1) is 24.5. The van der Waals surface area contributed by atoms with Crippen LogP contribution in [0, 0.1) is 5.82 Å². The second kappa shape index (κ2) is 8.74. The average molecular weight is 540 g/mol. The molecule has 2 atom stereocenters. The molecule has 2 aliphatic heterocycles. The van der Waals surface area contributed by atoms with E-state index in [2.05, 4.69) is 0 Å². The van der Waals surface area contributed by atoms with E-state index in [1.807, 2.05) is 0 Å². The summed E-state index contributed by atoms with van der Waals surface area (Å²) in [6, 6.07) is 7.13. The molecule has 0 saturated carbocycles. The van der Waals surface area contributed by atoms with Crippen LogP contribution in [0.3, 0.4) is 0 Å². The number of hydrogen-bond acceptors (Lipinski definition) is 5. The molecule has 12 heteroatoms. The van der Waals surface area contributed by atoms with Gasteiger partial charge in [-0.3, -0.25) is 19.3 Å². The number of amides is 1. The van der Waals surface area contributed by atoms with Crippen molar-refractivity contribution < 1.29 is 27.5 Å². The normalized spacial score (nSPS) is 18.3. The van der Waals surface area contributed by atoms with Gasteiger partial charge in [-0.1, -0.05) is 23.7 Å². The molecule has 5 rings (SSSR count). The third-order valence-corrected chi connectivity index (χ3v) is 7.89. The number of hydrogen-bond donors (Lipinski definition) is 1. The average Bonchev–Trinajstić information content (AvgIpc) is 2.98. The Kier molecular flexibility index (Phi) is 5.95. The van der Waals surface area contributed by atoms with Crippen molar-refractivity contribution in [2.24, 2.45) is 0 Å². The molecule has 0 aliphatic carbocycles. The largest absolute Gasteiger partial charge is 0.502 e. The van der Waals surface area contributed by atoms with Gasteiger partial charge in [0.25, 0.3) is 5.91 Å². The fraction of sp³-hybridized carbons (Fsp3) is 0.250. The molecule has 36 heavy (non-hydrogen) atoms. The summed E-state index contributed by atoms with van der Waals surface area (Å²) in [6.45, 7) is 0.261. The van der Waals surface area contributed by atoms with Crippen molar-refractivity contribution in [1.29, 1.82) is 0 Å². The molecular weight excluding hydrogens is 522 g/mol. The molecule has 2 aromatic carbocycles. The van der Waals surface area contributed by atoms with Crippen LogP contribution in [0.1, 0.15) is 40.1 Å². The number of thioether (sulfide) groups is 1. The van der Waals surface area contributed by atoms with Gasteiger partial charge < -0.3 is 10.0 Å². The smallest absolute Gasteiger partial charge is 0.408 e. The number of halogens is 5. The standard InChI is InChI=1S/C24H18ClF4N3O3S/c1-12(24(27,28)29)30-11-32(31-8-7-18(33)22(34)21(31)23(30)35)20-14-3-2-4-17(25)16(14)10-36-19-6-5-13(26)9-15(19)20/h2-9,12,20,34H,10-11H2,1H3. The molecule has 0 radical (unpaired) electrons. The molecule has 0 spiro atoms. The SMILES string of the molecule is CC(N1CN(C2c3cc(F)ccc3SCc3c(Cl)cccc32)n2ccc(=O)c(O)c2C1=O)C(F)(F)F. The molecule has 2 unspecified atom stereocenters. The maximum atomic E-state index is 14.5. The van der Waals surface area contributed by atoms with Crippen molar-refractivity contribution in [2.75, 3.05) is 11.7 Å². The van der Waals surface area contributed by atoms with Gasteiger partial charge in [-0.05, 0) is 47.9 Å². The molecular formula is C24H18ClF4N3O3S. The summed E-state index contributed by atoms with van der Waals surface area (Å²) < 4.78 is 57.0. The van der Waals surface area contributed by atoms with Crippen LogP contribution in [0.25, 0.3) is 0 Å². The first-order valence-electron chi connectivity index (χ1n) is 10.8. The van der Waals surface area contributed by atoms with E-state index < -0.39 is 53.5 Å². The number of carbonyl (C=O) groups is 1. The van der Waals surface area contributed by atoms with Gasteiger partial charge in [0, 0.05) is 27.9 Å². The Bertz CT molecular complexity index is 1440. The third kappa shape index (κ3) is 3.90. The van der Waals surface area contributed by atoms with E-state index in [0.29, 0.717) is 37.3 Å². The Hall–Kier alpha value is -3.18. The number of aromatic hydroxyl groups is 1. The summed E-state index contributed by atoms with van der Waals surface area (Å²) in [7, 11) is 0. The van der Waals surface area contributed by atoms with Crippen molar-refractivity contribution in [2.45, 2.75) is 35.8 Å². The van der Waals surface area contributed by atoms with Crippen molar-refractivity contribution in [3.63, 3.8) is 0 Å². The minimum absolute atomic E-state index is 0.419. The lowest BCUT2D eigenvalue weighted by molar-refractivity contribution is -0.173. The Labute approximate surface area is 211 Å². The third-order valence-electron chi connectivity index (χ3n) is 6.42. The molecule has 1 N–H and O–H groups in total. The quantitative estimate of drug-likeness (QED) is 0.462. The highest BCUT2D eigenvalue weighted by Crippen LogP contribution is 2.45. The lowest BCUT2D eigenvalue weighted by Crippen LogP contribution is -2.60. The number of alkyl halides is 3. The van der Waals surface area contributed by atoms with E-state index in [1.54, 1.807) is 24.3 Å². The van der Waals surface area contributed by atoms with E-state index in [-0.39, 0.29) is 0 Å². The maximum Gasteiger partial charge on any atom is 0.408 e. The predicted octanol–water partition coefficient (Wildman–Crippen LogP) is 5.04.